The summed E-state index contributed by atoms with van der Waals surface area (Å²) in [7, 11) is 0. The van der Waals surface area contributed by atoms with Gasteiger partial charge in [-0.1, -0.05) is 18.5 Å². The summed E-state index contributed by atoms with van der Waals surface area (Å²) in [5, 5.41) is 20.7. The number of ether oxygens (including phenoxy) is 1. The van der Waals surface area contributed by atoms with Gasteiger partial charge in [0.2, 0.25) is 5.88 Å². The fourth-order valence-electron chi connectivity index (χ4n) is 3.79. The summed E-state index contributed by atoms with van der Waals surface area (Å²) >= 11 is 6.07. The lowest BCUT2D eigenvalue weighted by Gasteiger charge is -2.43. The number of nitriles is 1. The molecular weight excluding hydrogens is 354 g/mol. The largest absolute Gasteiger partial charge is 0.471 e. The topological polar surface area (TPSA) is 99.9 Å². The van der Waals surface area contributed by atoms with Gasteiger partial charge < -0.3 is 15.0 Å². The molecule has 2 aromatic rings. The first kappa shape index (κ1) is 16.8. The third kappa shape index (κ3) is 2.69. The zero-order valence-electron chi connectivity index (χ0n) is 14.5. The first-order valence-corrected chi connectivity index (χ1v) is 8.87. The van der Waals surface area contributed by atoms with Crippen molar-refractivity contribution in [1.29, 1.82) is 5.26 Å². The second kappa shape index (κ2) is 6.25. The Bertz CT molecular complexity index is 899. The van der Waals surface area contributed by atoms with Crippen LogP contribution in [0.25, 0.3) is 0 Å². The van der Waals surface area contributed by atoms with E-state index in [9.17, 15) is 0 Å². The Kier molecular flexibility index (Phi) is 4.04. The molecule has 134 valence electrons. The second-order valence-corrected chi connectivity index (χ2v) is 7.03. The molecule has 0 bridgehead atoms. The SMILES string of the molecule is CC[C@]12CNc3nnc(Cl)cc3N1C[C@H](Oc1ncc(C#N)nc1C)C2. The molecule has 1 N–H and O–H groups in total. The molecule has 9 heteroatoms. The van der Waals surface area contributed by atoms with Crippen molar-refractivity contribution in [2.24, 2.45) is 0 Å². The molecule has 8 nitrogen and oxygen atoms in total. The lowest BCUT2D eigenvalue weighted by molar-refractivity contribution is 0.199. The van der Waals surface area contributed by atoms with Crippen LogP contribution in [0.5, 0.6) is 5.88 Å². The Balaban J connectivity index is 1.62. The highest BCUT2D eigenvalue weighted by Gasteiger charge is 2.49. The zero-order valence-corrected chi connectivity index (χ0v) is 15.3. The van der Waals surface area contributed by atoms with Crippen molar-refractivity contribution in [1.82, 2.24) is 20.2 Å². The van der Waals surface area contributed by atoms with Crippen molar-refractivity contribution in [3.8, 4) is 11.9 Å². The van der Waals surface area contributed by atoms with Gasteiger partial charge in [-0.15, -0.1) is 10.2 Å². The van der Waals surface area contributed by atoms with E-state index >= 15 is 0 Å². The van der Waals surface area contributed by atoms with Gasteiger partial charge in [-0.05, 0) is 13.3 Å². The van der Waals surface area contributed by atoms with Gasteiger partial charge in [-0.3, -0.25) is 0 Å². The number of aryl methyl sites for hydroxylation is 1. The maximum Gasteiger partial charge on any atom is 0.235 e. The van der Waals surface area contributed by atoms with Gasteiger partial charge in [-0.25, -0.2) is 9.97 Å². The number of fused-ring (bicyclic) bond motifs is 3. The number of hydrogen-bond acceptors (Lipinski definition) is 8. The minimum atomic E-state index is -0.0715. The van der Waals surface area contributed by atoms with Crippen LogP contribution in [0.1, 0.15) is 31.2 Å². The van der Waals surface area contributed by atoms with Gasteiger partial charge in [-0.2, -0.15) is 5.26 Å². The van der Waals surface area contributed by atoms with E-state index in [4.69, 9.17) is 21.6 Å². The molecule has 2 aliphatic rings. The van der Waals surface area contributed by atoms with Crippen LogP contribution in [-0.4, -0.2) is 44.9 Å². The molecule has 0 saturated carbocycles. The molecule has 2 atom stereocenters. The van der Waals surface area contributed by atoms with Crippen molar-refractivity contribution in [2.75, 3.05) is 23.3 Å². The highest BCUT2D eigenvalue weighted by Crippen LogP contribution is 2.44. The maximum atomic E-state index is 8.93. The molecule has 4 rings (SSSR count). The van der Waals surface area contributed by atoms with Crippen molar-refractivity contribution >= 4 is 23.1 Å². The molecule has 1 saturated heterocycles. The van der Waals surface area contributed by atoms with Crippen molar-refractivity contribution in [3.05, 3.63) is 28.8 Å². The van der Waals surface area contributed by atoms with Crippen molar-refractivity contribution in [2.45, 2.75) is 38.3 Å². The van der Waals surface area contributed by atoms with Crippen molar-refractivity contribution < 1.29 is 4.74 Å². The van der Waals surface area contributed by atoms with Gasteiger partial charge in [0.1, 0.15) is 17.9 Å². The summed E-state index contributed by atoms with van der Waals surface area (Å²) in [6, 6.07) is 3.83. The fraction of sp³-hybridized carbons (Fsp3) is 0.471. The quantitative estimate of drug-likeness (QED) is 0.877. The number of rotatable bonds is 3. The van der Waals surface area contributed by atoms with Gasteiger partial charge in [0.05, 0.1) is 24.0 Å². The van der Waals surface area contributed by atoms with Crippen LogP contribution in [0.15, 0.2) is 12.3 Å². The minimum absolute atomic E-state index is 0.0458. The molecule has 0 unspecified atom stereocenters. The molecule has 0 aliphatic carbocycles. The summed E-state index contributed by atoms with van der Waals surface area (Å²) in [6.45, 7) is 5.44. The Labute approximate surface area is 156 Å². The molecule has 0 amide bonds. The Morgan fingerprint density at radius 2 is 2.35 bits per heavy atom. The molecule has 2 aromatic heterocycles. The summed E-state index contributed by atoms with van der Waals surface area (Å²) in [6.07, 6.45) is 3.19. The van der Waals surface area contributed by atoms with Gasteiger partial charge in [0.15, 0.2) is 16.7 Å². The summed E-state index contributed by atoms with van der Waals surface area (Å²) in [5.41, 5.74) is 1.78. The summed E-state index contributed by atoms with van der Waals surface area (Å²) in [4.78, 5) is 10.8. The van der Waals surface area contributed by atoms with Crippen LogP contribution in [0.2, 0.25) is 5.15 Å². The minimum Gasteiger partial charge on any atom is -0.471 e. The average Bonchev–Trinajstić information content (AvgIpc) is 3.02. The second-order valence-electron chi connectivity index (χ2n) is 6.64. The highest BCUT2D eigenvalue weighted by atomic mass is 35.5. The van der Waals surface area contributed by atoms with Gasteiger partial charge in [0.25, 0.3) is 0 Å². The number of hydrogen-bond donors (Lipinski definition) is 1. The molecule has 0 aromatic carbocycles. The first-order valence-electron chi connectivity index (χ1n) is 8.50. The van der Waals surface area contributed by atoms with Crippen LogP contribution in [0, 0.1) is 18.3 Å². The number of anilines is 2. The molecule has 0 spiro atoms. The molecular formula is C17H18ClN7O. The Morgan fingerprint density at radius 1 is 1.50 bits per heavy atom. The molecule has 0 radical (unpaired) electrons. The molecule has 1 fully saturated rings. The molecule has 2 aliphatic heterocycles. The van der Waals surface area contributed by atoms with E-state index in [1.165, 1.54) is 6.20 Å². The van der Waals surface area contributed by atoms with Crippen molar-refractivity contribution in [3.63, 3.8) is 0 Å². The predicted molar refractivity (Wildman–Crippen MR) is 96.4 cm³/mol. The van der Waals surface area contributed by atoms with Crippen LogP contribution < -0.4 is 15.0 Å². The monoisotopic (exact) mass is 371 g/mol. The molecule has 26 heavy (non-hydrogen) atoms. The van der Waals surface area contributed by atoms with Gasteiger partial charge in [0, 0.05) is 19.0 Å². The van der Waals surface area contributed by atoms with E-state index in [1.54, 1.807) is 6.92 Å². The van der Waals surface area contributed by atoms with Gasteiger partial charge >= 0.3 is 0 Å². The summed E-state index contributed by atoms with van der Waals surface area (Å²) < 4.78 is 6.15. The lowest BCUT2D eigenvalue weighted by Crippen LogP contribution is -2.52. The molecule has 4 heterocycles. The average molecular weight is 372 g/mol. The number of halogens is 1. The zero-order chi connectivity index (χ0) is 18.3. The Hall–Kier alpha value is -2.66. The third-order valence-electron chi connectivity index (χ3n) is 5.14. The third-order valence-corrected chi connectivity index (χ3v) is 5.32. The lowest BCUT2D eigenvalue weighted by atomic mass is 9.90. The van der Waals surface area contributed by atoms with Crippen LogP contribution in [0.4, 0.5) is 11.5 Å². The smallest absolute Gasteiger partial charge is 0.235 e. The number of nitrogens with zero attached hydrogens (tertiary/aromatic N) is 6. The predicted octanol–water partition coefficient (Wildman–Crippen LogP) is 2.33. The van der Waals surface area contributed by atoms with Crippen LogP contribution in [0.3, 0.4) is 0 Å². The normalized spacial score (nSPS) is 23.6. The van der Waals surface area contributed by atoms with E-state index in [0.717, 1.165) is 30.9 Å². The summed E-state index contributed by atoms with van der Waals surface area (Å²) in [5.74, 6) is 1.22. The van der Waals surface area contributed by atoms with E-state index < -0.39 is 0 Å². The van der Waals surface area contributed by atoms with Crippen LogP contribution >= 0.6 is 11.6 Å². The van der Waals surface area contributed by atoms with E-state index in [2.05, 4.69) is 37.3 Å². The van der Waals surface area contributed by atoms with Crippen LogP contribution in [-0.2, 0) is 0 Å². The standard InChI is InChI=1S/C17H18ClN7O/c1-3-17-5-12(26-16-10(2)22-11(6-19)7-20-16)8-25(17)13-4-14(18)23-24-15(13)21-9-17/h4,7,12H,3,5,8-9H2,1-2H3,(H,21,24)/t12-,17+/m1/s1. The number of nitrogens with one attached hydrogen (secondary N) is 1. The maximum absolute atomic E-state index is 8.93. The fourth-order valence-corrected chi connectivity index (χ4v) is 3.93. The Morgan fingerprint density at radius 3 is 3.08 bits per heavy atom. The van der Waals surface area contributed by atoms with E-state index in [1.807, 2.05) is 12.1 Å². The van der Waals surface area contributed by atoms with E-state index in [0.29, 0.717) is 23.3 Å². The number of aromatic nitrogens is 4. The highest BCUT2D eigenvalue weighted by molar-refractivity contribution is 6.29. The first-order chi connectivity index (χ1) is 12.5. The van der Waals surface area contributed by atoms with E-state index in [-0.39, 0.29) is 17.3 Å².